The summed E-state index contributed by atoms with van der Waals surface area (Å²) in [5.41, 5.74) is 0.618. The van der Waals surface area contributed by atoms with Gasteiger partial charge in [-0.2, -0.15) is 0 Å². The minimum absolute atomic E-state index is 0.338. The lowest BCUT2D eigenvalue weighted by Crippen LogP contribution is -1.96. The summed E-state index contributed by atoms with van der Waals surface area (Å²) in [6, 6.07) is 4.85. The molecule has 0 fully saturated rings. The van der Waals surface area contributed by atoms with Gasteiger partial charge in [0.25, 0.3) is 0 Å². The standard InChI is InChI=1S/C11H8Cl3N3O/c1-18-9-3-8(6(12)2-7(9)13)17-11-4-10(14)15-5-16-11/h2-5H,1H3,(H,15,16,17). The predicted molar refractivity (Wildman–Crippen MR) is 73.3 cm³/mol. The second-order valence-electron chi connectivity index (χ2n) is 3.32. The first-order chi connectivity index (χ1) is 8.60. The topological polar surface area (TPSA) is 47.0 Å². The summed E-state index contributed by atoms with van der Waals surface area (Å²) >= 11 is 17.8. The van der Waals surface area contributed by atoms with E-state index in [1.165, 1.54) is 13.4 Å². The zero-order valence-corrected chi connectivity index (χ0v) is 11.5. The van der Waals surface area contributed by atoms with E-state index in [9.17, 15) is 0 Å². The molecule has 0 aliphatic rings. The van der Waals surface area contributed by atoms with Gasteiger partial charge in [0.15, 0.2) is 0 Å². The Morgan fingerprint density at radius 3 is 2.50 bits per heavy atom. The Bertz CT molecular complexity index is 577. The van der Waals surface area contributed by atoms with Gasteiger partial charge < -0.3 is 10.1 Å². The maximum absolute atomic E-state index is 6.07. The van der Waals surface area contributed by atoms with Crippen LogP contribution in [0.4, 0.5) is 11.5 Å². The summed E-state index contributed by atoms with van der Waals surface area (Å²) in [7, 11) is 1.53. The quantitative estimate of drug-likeness (QED) is 0.864. The summed E-state index contributed by atoms with van der Waals surface area (Å²) in [6.07, 6.45) is 1.35. The van der Waals surface area contributed by atoms with Gasteiger partial charge in [-0.05, 0) is 6.07 Å². The number of nitrogens with zero attached hydrogens (tertiary/aromatic N) is 2. The van der Waals surface area contributed by atoms with Crippen molar-refractivity contribution in [2.24, 2.45) is 0 Å². The molecule has 0 unspecified atom stereocenters. The van der Waals surface area contributed by atoms with Crippen LogP contribution in [0.1, 0.15) is 0 Å². The zero-order chi connectivity index (χ0) is 13.1. The number of halogens is 3. The van der Waals surface area contributed by atoms with E-state index < -0.39 is 0 Å². The van der Waals surface area contributed by atoms with Crippen LogP contribution in [-0.2, 0) is 0 Å². The van der Waals surface area contributed by atoms with Crippen molar-refractivity contribution in [2.75, 3.05) is 12.4 Å². The van der Waals surface area contributed by atoms with Crippen LogP contribution in [0.3, 0.4) is 0 Å². The van der Waals surface area contributed by atoms with Crippen LogP contribution in [0.5, 0.6) is 5.75 Å². The molecule has 1 aromatic carbocycles. The fraction of sp³-hybridized carbons (Fsp3) is 0.0909. The fourth-order valence-electron chi connectivity index (χ4n) is 1.32. The molecule has 0 spiro atoms. The van der Waals surface area contributed by atoms with E-state index in [1.54, 1.807) is 18.2 Å². The molecule has 4 nitrogen and oxygen atoms in total. The summed E-state index contributed by atoms with van der Waals surface area (Å²) < 4.78 is 5.11. The molecular weight excluding hydrogens is 296 g/mol. The number of benzene rings is 1. The van der Waals surface area contributed by atoms with Crippen molar-refractivity contribution in [3.05, 3.63) is 39.7 Å². The maximum atomic E-state index is 6.07. The highest BCUT2D eigenvalue weighted by atomic mass is 35.5. The molecule has 1 heterocycles. The predicted octanol–water partition coefficient (Wildman–Crippen LogP) is 4.19. The second kappa shape index (κ2) is 5.61. The Kier molecular flexibility index (Phi) is 4.11. The normalized spacial score (nSPS) is 10.2. The van der Waals surface area contributed by atoms with E-state index in [2.05, 4.69) is 15.3 Å². The van der Waals surface area contributed by atoms with Crippen molar-refractivity contribution < 1.29 is 4.74 Å². The van der Waals surface area contributed by atoms with Crippen LogP contribution in [0, 0.1) is 0 Å². The van der Waals surface area contributed by atoms with Gasteiger partial charge in [0.05, 0.1) is 22.8 Å². The molecule has 0 bridgehead atoms. The molecule has 1 N–H and O–H groups in total. The van der Waals surface area contributed by atoms with Gasteiger partial charge in [-0.25, -0.2) is 9.97 Å². The number of anilines is 2. The molecule has 0 aliphatic heterocycles. The molecule has 0 saturated heterocycles. The van der Waals surface area contributed by atoms with Gasteiger partial charge in [0.2, 0.25) is 0 Å². The smallest absolute Gasteiger partial charge is 0.139 e. The highest BCUT2D eigenvalue weighted by molar-refractivity contribution is 6.37. The Balaban J connectivity index is 2.34. The van der Waals surface area contributed by atoms with E-state index in [0.29, 0.717) is 32.5 Å². The molecule has 2 rings (SSSR count). The van der Waals surface area contributed by atoms with Crippen LogP contribution >= 0.6 is 34.8 Å². The molecule has 0 aliphatic carbocycles. The number of rotatable bonds is 3. The lowest BCUT2D eigenvalue weighted by atomic mass is 10.3. The third kappa shape index (κ3) is 2.96. The molecule has 0 atom stereocenters. The monoisotopic (exact) mass is 303 g/mol. The Hall–Kier alpha value is -1.23. The maximum Gasteiger partial charge on any atom is 0.139 e. The number of hydrogen-bond donors (Lipinski definition) is 1. The number of methoxy groups -OCH3 is 1. The van der Waals surface area contributed by atoms with Crippen molar-refractivity contribution in [3.63, 3.8) is 0 Å². The molecular formula is C11H8Cl3N3O. The van der Waals surface area contributed by atoms with Crippen molar-refractivity contribution in [1.29, 1.82) is 0 Å². The number of hydrogen-bond acceptors (Lipinski definition) is 4. The molecule has 7 heteroatoms. The van der Waals surface area contributed by atoms with Crippen molar-refractivity contribution >= 4 is 46.3 Å². The molecule has 0 amide bonds. The van der Waals surface area contributed by atoms with E-state index in [0.717, 1.165) is 0 Å². The average molecular weight is 305 g/mol. The molecule has 0 radical (unpaired) electrons. The van der Waals surface area contributed by atoms with Gasteiger partial charge >= 0.3 is 0 Å². The highest BCUT2D eigenvalue weighted by Crippen LogP contribution is 2.35. The first-order valence-electron chi connectivity index (χ1n) is 4.87. The fourth-order valence-corrected chi connectivity index (χ4v) is 1.98. The van der Waals surface area contributed by atoms with Gasteiger partial charge in [0, 0.05) is 12.1 Å². The molecule has 0 saturated carbocycles. The largest absolute Gasteiger partial charge is 0.495 e. The van der Waals surface area contributed by atoms with Gasteiger partial charge in [-0.3, -0.25) is 0 Å². The van der Waals surface area contributed by atoms with Crippen LogP contribution in [0.2, 0.25) is 15.2 Å². The molecule has 94 valence electrons. The van der Waals surface area contributed by atoms with Gasteiger partial charge in [-0.15, -0.1) is 0 Å². The molecule has 18 heavy (non-hydrogen) atoms. The first kappa shape index (κ1) is 13.2. The van der Waals surface area contributed by atoms with Crippen LogP contribution in [-0.4, -0.2) is 17.1 Å². The average Bonchev–Trinajstić information content (AvgIpc) is 2.33. The van der Waals surface area contributed by atoms with Crippen molar-refractivity contribution in [1.82, 2.24) is 9.97 Å². The SMILES string of the molecule is COc1cc(Nc2cc(Cl)ncn2)c(Cl)cc1Cl. The van der Waals surface area contributed by atoms with Crippen LogP contribution in [0.15, 0.2) is 24.5 Å². The van der Waals surface area contributed by atoms with E-state index >= 15 is 0 Å². The summed E-state index contributed by atoms with van der Waals surface area (Å²) in [5, 5.41) is 4.24. The van der Waals surface area contributed by atoms with Gasteiger partial charge in [0.1, 0.15) is 23.0 Å². The Morgan fingerprint density at radius 2 is 1.83 bits per heavy atom. The second-order valence-corrected chi connectivity index (χ2v) is 4.52. The minimum atomic E-state index is 0.338. The van der Waals surface area contributed by atoms with Crippen molar-refractivity contribution in [2.45, 2.75) is 0 Å². The number of aromatic nitrogens is 2. The Morgan fingerprint density at radius 1 is 1.06 bits per heavy atom. The summed E-state index contributed by atoms with van der Waals surface area (Å²) in [6.45, 7) is 0. The number of ether oxygens (including phenoxy) is 1. The van der Waals surface area contributed by atoms with Crippen LogP contribution in [0.25, 0.3) is 0 Å². The van der Waals surface area contributed by atoms with Crippen molar-refractivity contribution in [3.8, 4) is 5.75 Å². The zero-order valence-electron chi connectivity index (χ0n) is 9.25. The lowest BCUT2D eigenvalue weighted by molar-refractivity contribution is 0.415. The van der Waals surface area contributed by atoms with E-state index in [4.69, 9.17) is 39.5 Å². The van der Waals surface area contributed by atoms with E-state index in [1.807, 2.05) is 0 Å². The highest BCUT2D eigenvalue weighted by Gasteiger charge is 2.08. The Labute approximate surface area is 119 Å². The molecule has 2 aromatic rings. The van der Waals surface area contributed by atoms with Gasteiger partial charge in [-0.1, -0.05) is 34.8 Å². The minimum Gasteiger partial charge on any atom is -0.495 e. The third-order valence-electron chi connectivity index (χ3n) is 2.14. The molecule has 1 aromatic heterocycles. The first-order valence-corrected chi connectivity index (χ1v) is 6.01. The summed E-state index contributed by atoms with van der Waals surface area (Å²) in [5.74, 6) is 1.05. The third-order valence-corrected chi connectivity index (χ3v) is 2.95. The number of nitrogens with one attached hydrogen (secondary N) is 1. The van der Waals surface area contributed by atoms with E-state index in [-0.39, 0.29) is 0 Å². The lowest BCUT2D eigenvalue weighted by Gasteiger charge is -2.10. The van der Waals surface area contributed by atoms with Crippen LogP contribution < -0.4 is 10.1 Å². The summed E-state index contributed by atoms with van der Waals surface area (Å²) in [4.78, 5) is 7.80.